The van der Waals surface area contributed by atoms with Gasteiger partial charge in [0.25, 0.3) is 5.91 Å². The molecule has 2 aromatic carbocycles. The Morgan fingerprint density at radius 3 is 2.30 bits per heavy atom. The number of hydrogen-bond acceptors (Lipinski definition) is 2. The molecule has 2 aromatic rings. The minimum atomic E-state index is -0.381. The number of hydrogen-bond donors (Lipinski definition) is 0. The standard InChI is InChI=1S/C21H22F2N2O2/c1-24(14-17-4-2-3-5-19(17)23)20(26)16-10-12-25(13-11-16)21(27)15-6-8-18(22)9-7-15/h2-9,16H,10-14H2,1H3. The monoisotopic (exact) mass is 372 g/mol. The van der Waals surface area contributed by atoms with Crippen molar-refractivity contribution in [2.45, 2.75) is 19.4 Å². The van der Waals surface area contributed by atoms with Crippen molar-refractivity contribution in [3.8, 4) is 0 Å². The van der Waals surface area contributed by atoms with Gasteiger partial charge in [-0.25, -0.2) is 8.78 Å². The second-order valence-corrected chi connectivity index (χ2v) is 6.86. The Morgan fingerprint density at radius 2 is 1.67 bits per heavy atom. The van der Waals surface area contributed by atoms with Crippen LogP contribution in [0.25, 0.3) is 0 Å². The van der Waals surface area contributed by atoms with Crippen LogP contribution in [0.2, 0.25) is 0 Å². The first-order valence-corrected chi connectivity index (χ1v) is 8.99. The highest BCUT2D eigenvalue weighted by molar-refractivity contribution is 5.94. The second kappa shape index (κ2) is 8.29. The molecule has 2 amide bonds. The number of carbonyl (C=O) groups excluding carboxylic acids is 2. The molecule has 0 aliphatic carbocycles. The number of carbonyl (C=O) groups is 2. The van der Waals surface area contributed by atoms with Crippen LogP contribution in [0.5, 0.6) is 0 Å². The van der Waals surface area contributed by atoms with E-state index in [1.54, 1.807) is 35.0 Å². The van der Waals surface area contributed by atoms with Gasteiger partial charge in [0, 0.05) is 43.7 Å². The van der Waals surface area contributed by atoms with Gasteiger partial charge in [0.2, 0.25) is 5.91 Å². The maximum atomic E-state index is 13.8. The van der Waals surface area contributed by atoms with Crippen LogP contribution >= 0.6 is 0 Å². The van der Waals surface area contributed by atoms with Gasteiger partial charge in [0.05, 0.1) is 0 Å². The molecule has 142 valence electrons. The largest absolute Gasteiger partial charge is 0.341 e. The normalized spacial score (nSPS) is 14.9. The predicted octanol–water partition coefficient (Wildman–Crippen LogP) is 3.48. The summed E-state index contributed by atoms with van der Waals surface area (Å²) >= 11 is 0. The molecule has 1 heterocycles. The third-order valence-electron chi connectivity index (χ3n) is 4.96. The molecule has 6 heteroatoms. The summed E-state index contributed by atoms with van der Waals surface area (Å²) in [4.78, 5) is 28.4. The molecule has 3 rings (SSSR count). The molecule has 1 fully saturated rings. The van der Waals surface area contributed by atoms with Crippen molar-refractivity contribution < 1.29 is 18.4 Å². The molecule has 0 saturated carbocycles. The van der Waals surface area contributed by atoms with Crippen molar-refractivity contribution in [2.75, 3.05) is 20.1 Å². The zero-order valence-corrected chi connectivity index (χ0v) is 15.2. The number of benzene rings is 2. The Hall–Kier alpha value is -2.76. The fraction of sp³-hybridized carbons (Fsp3) is 0.333. The number of piperidine rings is 1. The molecule has 0 unspecified atom stereocenters. The van der Waals surface area contributed by atoms with E-state index in [2.05, 4.69) is 0 Å². The lowest BCUT2D eigenvalue weighted by atomic mass is 9.94. The summed E-state index contributed by atoms with van der Waals surface area (Å²) in [7, 11) is 1.67. The average Bonchev–Trinajstić information content (AvgIpc) is 2.69. The summed E-state index contributed by atoms with van der Waals surface area (Å²) in [5.74, 6) is -1.07. The summed E-state index contributed by atoms with van der Waals surface area (Å²) in [6.07, 6.45) is 1.13. The van der Waals surface area contributed by atoms with Crippen molar-refractivity contribution in [3.63, 3.8) is 0 Å². The smallest absolute Gasteiger partial charge is 0.253 e. The summed E-state index contributed by atoms with van der Waals surface area (Å²) in [6.45, 7) is 1.17. The Balaban J connectivity index is 1.55. The van der Waals surface area contributed by atoms with Gasteiger partial charge in [-0.2, -0.15) is 0 Å². The molecule has 27 heavy (non-hydrogen) atoms. The van der Waals surface area contributed by atoms with Gasteiger partial charge < -0.3 is 9.80 Å². The molecule has 1 saturated heterocycles. The Bertz CT molecular complexity index is 815. The molecule has 1 aliphatic heterocycles. The molecular weight excluding hydrogens is 350 g/mol. The van der Waals surface area contributed by atoms with E-state index in [9.17, 15) is 18.4 Å². The van der Waals surface area contributed by atoms with Crippen molar-refractivity contribution in [1.82, 2.24) is 9.80 Å². The maximum Gasteiger partial charge on any atom is 0.253 e. The minimum Gasteiger partial charge on any atom is -0.341 e. The fourth-order valence-electron chi connectivity index (χ4n) is 3.38. The van der Waals surface area contributed by atoms with Crippen LogP contribution < -0.4 is 0 Å². The van der Waals surface area contributed by atoms with Crippen molar-refractivity contribution >= 4 is 11.8 Å². The first-order chi connectivity index (χ1) is 13.0. The Kier molecular flexibility index (Phi) is 5.84. The zero-order chi connectivity index (χ0) is 19.4. The van der Waals surface area contributed by atoms with Crippen LogP contribution in [0.15, 0.2) is 48.5 Å². The molecule has 0 bridgehead atoms. The van der Waals surface area contributed by atoms with E-state index in [1.165, 1.54) is 30.3 Å². The van der Waals surface area contributed by atoms with Gasteiger partial charge in [-0.15, -0.1) is 0 Å². The average molecular weight is 372 g/mol. The highest BCUT2D eigenvalue weighted by Gasteiger charge is 2.29. The van der Waals surface area contributed by atoms with Gasteiger partial charge in [-0.1, -0.05) is 18.2 Å². The van der Waals surface area contributed by atoms with Crippen LogP contribution in [0.3, 0.4) is 0 Å². The lowest BCUT2D eigenvalue weighted by molar-refractivity contribution is -0.136. The molecule has 0 spiro atoms. The summed E-state index contributed by atoms with van der Waals surface area (Å²) in [6, 6.07) is 11.9. The summed E-state index contributed by atoms with van der Waals surface area (Å²) < 4.78 is 26.8. The summed E-state index contributed by atoms with van der Waals surface area (Å²) in [5.41, 5.74) is 0.926. The predicted molar refractivity (Wildman–Crippen MR) is 97.9 cm³/mol. The lowest BCUT2D eigenvalue weighted by Gasteiger charge is -2.33. The van der Waals surface area contributed by atoms with Gasteiger partial charge in [-0.3, -0.25) is 9.59 Å². The van der Waals surface area contributed by atoms with Crippen LogP contribution in [0.1, 0.15) is 28.8 Å². The molecular formula is C21H22F2N2O2. The van der Waals surface area contributed by atoms with Crippen molar-refractivity contribution in [1.29, 1.82) is 0 Å². The summed E-state index contributed by atoms with van der Waals surface area (Å²) in [5, 5.41) is 0. The maximum absolute atomic E-state index is 13.8. The van der Waals surface area contributed by atoms with E-state index in [0.29, 0.717) is 37.1 Å². The SMILES string of the molecule is CN(Cc1ccccc1F)C(=O)C1CCN(C(=O)c2ccc(F)cc2)CC1. The van der Waals surface area contributed by atoms with Gasteiger partial charge in [0.1, 0.15) is 11.6 Å². The van der Waals surface area contributed by atoms with E-state index in [0.717, 1.165) is 0 Å². The number of amides is 2. The first kappa shape index (κ1) is 19.0. The highest BCUT2D eigenvalue weighted by Crippen LogP contribution is 2.22. The fourth-order valence-corrected chi connectivity index (χ4v) is 3.38. The molecule has 1 aliphatic rings. The number of halogens is 2. The Labute approximate surface area is 157 Å². The molecule has 0 aromatic heterocycles. The zero-order valence-electron chi connectivity index (χ0n) is 15.2. The van der Waals surface area contributed by atoms with Crippen LogP contribution in [0, 0.1) is 17.6 Å². The first-order valence-electron chi connectivity index (χ1n) is 8.99. The van der Waals surface area contributed by atoms with Gasteiger partial charge in [-0.05, 0) is 43.2 Å². The second-order valence-electron chi connectivity index (χ2n) is 6.86. The van der Waals surface area contributed by atoms with Gasteiger partial charge >= 0.3 is 0 Å². The van der Waals surface area contributed by atoms with Crippen LogP contribution in [-0.4, -0.2) is 41.8 Å². The number of rotatable bonds is 4. The lowest BCUT2D eigenvalue weighted by Crippen LogP contribution is -2.43. The van der Waals surface area contributed by atoms with E-state index >= 15 is 0 Å². The third-order valence-corrected chi connectivity index (χ3v) is 4.96. The van der Waals surface area contributed by atoms with E-state index < -0.39 is 0 Å². The minimum absolute atomic E-state index is 0.0351. The number of nitrogens with zero attached hydrogens (tertiary/aromatic N) is 2. The molecule has 0 atom stereocenters. The Morgan fingerprint density at radius 1 is 1.04 bits per heavy atom. The van der Waals surface area contributed by atoms with E-state index in [4.69, 9.17) is 0 Å². The van der Waals surface area contributed by atoms with E-state index in [-0.39, 0.29) is 35.9 Å². The van der Waals surface area contributed by atoms with E-state index in [1.807, 2.05) is 0 Å². The number of likely N-dealkylation sites (tertiary alicyclic amines) is 1. The van der Waals surface area contributed by atoms with Gasteiger partial charge in [0.15, 0.2) is 0 Å². The van der Waals surface area contributed by atoms with Crippen molar-refractivity contribution in [2.24, 2.45) is 5.92 Å². The molecule has 4 nitrogen and oxygen atoms in total. The quantitative estimate of drug-likeness (QED) is 0.825. The van der Waals surface area contributed by atoms with Crippen molar-refractivity contribution in [3.05, 3.63) is 71.3 Å². The molecule has 0 radical (unpaired) electrons. The topological polar surface area (TPSA) is 40.6 Å². The highest BCUT2D eigenvalue weighted by atomic mass is 19.1. The van der Waals surface area contributed by atoms with Crippen LogP contribution in [0.4, 0.5) is 8.78 Å². The van der Waals surface area contributed by atoms with Crippen LogP contribution in [-0.2, 0) is 11.3 Å². The molecule has 0 N–H and O–H groups in total. The third kappa shape index (κ3) is 4.51.